The summed E-state index contributed by atoms with van der Waals surface area (Å²) in [5, 5.41) is 27.8. The zero-order chi connectivity index (χ0) is 85.2. The average molecular weight is 1710 g/mol. The second-order valence-electron chi connectivity index (χ2n) is 33.5. The third kappa shape index (κ3) is 11.4. The van der Waals surface area contributed by atoms with Crippen LogP contribution in [0.25, 0.3) is 264 Å². The van der Waals surface area contributed by atoms with Crippen molar-refractivity contribution in [2.24, 2.45) is 0 Å². The van der Waals surface area contributed by atoms with Crippen LogP contribution in [-0.4, -0.2) is 38.6 Å². The highest BCUT2D eigenvalue weighted by Gasteiger charge is 2.29. The lowest BCUT2D eigenvalue weighted by atomic mass is 9.99. The van der Waals surface area contributed by atoms with Crippen LogP contribution in [0.3, 0.4) is 0 Å². The van der Waals surface area contributed by atoms with Crippen molar-refractivity contribution in [1.29, 1.82) is 0 Å². The predicted molar refractivity (Wildman–Crippen MR) is 554 cm³/mol. The fourth-order valence-corrected chi connectivity index (χ4v) is 24.5. The molecule has 11 heteroatoms. The fourth-order valence-electron chi connectivity index (χ4n) is 20.7. The highest BCUT2D eigenvalue weighted by atomic mass is 32.1. The maximum atomic E-state index is 5.53. The predicted octanol–water partition coefficient (Wildman–Crippen LogP) is 33.2. The van der Waals surface area contributed by atoms with Gasteiger partial charge in [0.05, 0.1) is 80.7 Å². The van der Waals surface area contributed by atoms with Crippen molar-refractivity contribution in [2.75, 3.05) is 0 Å². The molecule has 19 aromatic carbocycles. The van der Waals surface area contributed by atoms with Gasteiger partial charge in [0.1, 0.15) is 5.82 Å². The third-order valence-corrected chi connectivity index (χ3v) is 29.9. The average Bonchev–Trinajstić information content (AvgIpc) is 1.54. The SMILES string of the molecule is c1ccc(-c2cc(-n3c4ccccc4c4c5ccccc5c5c6ccccc6sc5c43)nc3c(-c4ccccc4)ccnc23)cc1.c1ccc2cc(-c3nc(-n4c5ccccc5c5c6ccccc6c6c7ccccc7sc6c54)nc4ccccc34)ccc2c1.c1ccc2nc(-c3ccc(-n4c5ccccc5c5c6ccccc6c6c7ccccc7sc6c54)cc3)ccc2c1. The second-order valence-corrected chi connectivity index (χ2v) is 36.6. The number of fused-ring (bicyclic) bond motifs is 34. The largest absolute Gasteiger partial charge is 0.308 e. The lowest BCUT2D eigenvalue weighted by Gasteiger charge is -2.15. The molecule has 29 aromatic rings. The fraction of sp³-hybridized carbons (Fsp3) is 0. The number of para-hydroxylation sites is 5. The molecule has 0 amide bonds. The molecule has 0 aliphatic carbocycles. The minimum atomic E-state index is 0.687. The first kappa shape index (κ1) is 73.9. The summed E-state index contributed by atoms with van der Waals surface area (Å²) in [6.45, 7) is 0. The molecule has 10 heterocycles. The first-order valence-corrected chi connectivity index (χ1v) is 46.4. The molecule has 10 aromatic heterocycles. The second kappa shape index (κ2) is 29.6. The van der Waals surface area contributed by atoms with Gasteiger partial charge in [-0.25, -0.2) is 19.9 Å². The summed E-state index contributed by atoms with van der Waals surface area (Å²) in [6.07, 6.45) is 1.91. The van der Waals surface area contributed by atoms with E-state index in [4.69, 9.17) is 24.9 Å². The molecule has 29 rings (SSSR count). The first-order valence-electron chi connectivity index (χ1n) is 43.9. The number of thiophene rings is 3. The van der Waals surface area contributed by atoms with Crippen LogP contribution in [0.1, 0.15) is 0 Å². The molecule has 0 bridgehead atoms. The van der Waals surface area contributed by atoms with Gasteiger partial charge < -0.3 is 4.57 Å². The van der Waals surface area contributed by atoms with Crippen LogP contribution >= 0.6 is 34.0 Å². The molecule has 0 aliphatic rings. The maximum Gasteiger partial charge on any atom is 0.235 e. The normalized spacial score (nSPS) is 12.0. The van der Waals surface area contributed by atoms with Crippen molar-refractivity contribution in [2.45, 2.75) is 0 Å². The Morgan fingerprint density at radius 3 is 1.17 bits per heavy atom. The van der Waals surface area contributed by atoms with Gasteiger partial charge in [0, 0.05) is 124 Å². The molecule has 130 heavy (non-hydrogen) atoms. The van der Waals surface area contributed by atoms with Crippen molar-refractivity contribution in [3.05, 3.63) is 425 Å². The molecule has 0 saturated carbocycles. The summed E-state index contributed by atoms with van der Waals surface area (Å²) in [6, 6.07) is 150. The van der Waals surface area contributed by atoms with E-state index in [1.807, 2.05) is 46.3 Å². The number of pyridine rings is 3. The molecule has 0 fully saturated rings. The zero-order valence-corrected chi connectivity index (χ0v) is 72.2. The van der Waals surface area contributed by atoms with Crippen LogP contribution in [0.4, 0.5) is 0 Å². The molecule has 8 nitrogen and oxygen atoms in total. The van der Waals surface area contributed by atoms with E-state index in [1.165, 1.54) is 158 Å². The van der Waals surface area contributed by atoms with Crippen LogP contribution in [0.15, 0.2) is 425 Å². The summed E-state index contributed by atoms with van der Waals surface area (Å²) in [4.78, 5) is 26.1. The van der Waals surface area contributed by atoms with Gasteiger partial charge in [-0.1, -0.05) is 334 Å². The number of benzene rings is 19. The van der Waals surface area contributed by atoms with E-state index < -0.39 is 0 Å². The Hall–Kier alpha value is -16.4. The molecule has 0 aliphatic heterocycles. The molecule has 0 spiro atoms. The van der Waals surface area contributed by atoms with Gasteiger partial charge in [-0.05, 0) is 139 Å². The Morgan fingerprint density at radius 1 is 0.223 bits per heavy atom. The monoisotopic (exact) mass is 1710 g/mol. The van der Waals surface area contributed by atoms with Crippen LogP contribution in [0.2, 0.25) is 0 Å². The van der Waals surface area contributed by atoms with Crippen LogP contribution in [-0.2, 0) is 0 Å². The number of hydrogen-bond donors (Lipinski definition) is 0. The highest BCUT2D eigenvalue weighted by Crippen LogP contribution is 2.53. The minimum Gasteiger partial charge on any atom is -0.308 e. The standard InChI is InChI=1S/C42H25N3S.C40H23N3S.C37H22N2S/c1-3-13-26(14-4-1)28-23-24-43-39-33(27-15-5-2-6-16-27)25-36(44-40(28)39)45-34-21-11-9-19-31(34)37-29-17-7-8-18-30(29)38-32-20-10-12-22-35(32)46-42(38)41(37)45;1-2-12-25-23-26(22-21-24(25)11-1)37-29-15-5-8-18-32(29)41-40(42-37)43-33-19-9-6-16-30(33)35-27-13-3-4-14-28(27)36-31-17-7-10-20-34(31)44-39(36)38(35)43;1-6-14-30-23(9-1)19-22-31(38-30)24-17-20-25(21-18-24)39-32-15-7-4-12-28(32)34-26-10-2-3-11-27(26)35-29-13-5-8-16-33(29)40-37(35)36(34)39/h1-25H;1-23H;1-22H. The summed E-state index contributed by atoms with van der Waals surface area (Å²) >= 11 is 5.63. The van der Waals surface area contributed by atoms with E-state index in [2.05, 4.69) is 426 Å². The van der Waals surface area contributed by atoms with Crippen molar-refractivity contribution >= 4 is 236 Å². The molecule has 0 radical (unpaired) electrons. The maximum absolute atomic E-state index is 5.53. The van der Waals surface area contributed by atoms with Crippen molar-refractivity contribution in [3.63, 3.8) is 0 Å². The van der Waals surface area contributed by atoms with Gasteiger partial charge in [-0.3, -0.25) is 14.1 Å². The van der Waals surface area contributed by atoms with Gasteiger partial charge in [0.15, 0.2) is 0 Å². The van der Waals surface area contributed by atoms with Crippen LogP contribution < -0.4 is 0 Å². The Labute approximate surface area is 755 Å². The van der Waals surface area contributed by atoms with E-state index >= 15 is 0 Å². The number of nitrogens with zero attached hydrogens (tertiary/aromatic N) is 8. The van der Waals surface area contributed by atoms with Gasteiger partial charge in [0.25, 0.3) is 0 Å². The number of rotatable bonds is 7. The topological polar surface area (TPSA) is 79.2 Å². The first-order chi connectivity index (χ1) is 64.5. The van der Waals surface area contributed by atoms with Gasteiger partial charge in [-0.2, -0.15) is 0 Å². The molecule has 0 unspecified atom stereocenters. The van der Waals surface area contributed by atoms with E-state index in [1.54, 1.807) is 0 Å². The van der Waals surface area contributed by atoms with E-state index in [-0.39, 0.29) is 0 Å². The molecule has 604 valence electrons. The molecular weight excluding hydrogens is 1640 g/mol. The third-order valence-electron chi connectivity index (χ3n) is 26.4. The summed E-state index contributed by atoms with van der Waals surface area (Å²) < 4.78 is 15.0. The quantitative estimate of drug-likeness (QED) is 0.159. The zero-order valence-electron chi connectivity index (χ0n) is 69.7. The van der Waals surface area contributed by atoms with Crippen LogP contribution in [0, 0.1) is 0 Å². The Bertz CT molecular complexity index is 9780. The molecule has 0 N–H and O–H groups in total. The van der Waals surface area contributed by atoms with E-state index in [0.717, 1.165) is 100 Å². The van der Waals surface area contributed by atoms with Crippen molar-refractivity contribution in [3.8, 4) is 62.2 Å². The summed E-state index contributed by atoms with van der Waals surface area (Å²) in [5.41, 5.74) is 20.5. The summed E-state index contributed by atoms with van der Waals surface area (Å²) in [5.74, 6) is 1.57. The highest BCUT2D eigenvalue weighted by molar-refractivity contribution is 7.28. The summed E-state index contributed by atoms with van der Waals surface area (Å²) in [7, 11) is 0. The Morgan fingerprint density at radius 2 is 0.623 bits per heavy atom. The molecule has 0 saturated heterocycles. The Kier molecular flexibility index (Phi) is 16.8. The Balaban J connectivity index is 0.000000101. The van der Waals surface area contributed by atoms with Crippen molar-refractivity contribution in [1.82, 2.24) is 38.6 Å². The van der Waals surface area contributed by atoms with Crippen molar-refractivity contribution < 1.29 is 0 Å². The van der Waals surface area contributed by atoms with Crippen LogP contribution in [0.5, 0.6) is 0 Å². The van der Waals surface area contributed by atoms with Gasteiger partial charge in [-0.15, -0.1) is 34.0 Å². The van der Waals surface area contributed by atoms with Gasteiger partial charge in [0.2, 0.25) is 5.95 Å². The minimum absolute atomic E-state index is 0.687. The lowest BCUT2D eigenvalue weighted by Crippen LogP contribution is -2.03. The number of hydrogen-bond acceptors (Lipinski definition) is 8. The van der Waals surface area contributed by atoms with Gasteiger partial charge >= 0.3 is 0 Å². The lowest BCUT2D eigenvalue weighted by molar-refractivity contribution is 1.02. The molecule has 0 atom stereocenters. The molecular formula is C119H70N8S3. The van der Waals surface area contributed by atoms with E-state index in [9.17, 15) is 0 Å². The smallest absolute Gasteiger partial charge is 0.235 e. The number of aromatic nitrogens is 8. The van der Waals surface area contributed by atoms with E-state index in [0.29, 0.717) is 5.95 Å².